The number of rotatable bonds is 3. The molecule has 1 aliphatic heterocycles. The summed E-state index contributed by atoms with van der Waals surface area (Å²) in [5.41, 5.74) is 2.05. The van der Waals surface area contributed by atoms with E-state index in [1.165, 1.54) is 0 Å². The van der Waals surface area contributed by atoms with Gasteiger partial charge in [-0.15, -0.1) is 0 Å². The minimum Gasteiger partial charge on any atom is -0.354 e. The number of hydrogen-bond acceptors (Lipinski definition) is 5. The molecule has 7 nitrogen and oxygen atoms in total. The van der Waals surface area contributed by atoms with Crippen LogP contribution in [0, 0.1) is 0 Å². The van der Waals surface area contributed by atoms with Gasteiger partial charge in [0.1, 0.15) is 16.9 Å². The van der Waals surface area contributed by atoms with Gasteiger partial charge < -0.3 is 10.2 Å². The molecule has 2 N–H and O–H groups in total. The smallest absolute Gasteiger partial charge is 0.251 e. The Bertz CT molecular complexity index is 831. The molecule has 7 heteroatoms. The fourth-order valence-electron chi connectivity index (χ4n) is 2.88. The molecular weight excluding hydrogens is 292 g/mol. The predicted molar refractivity (Wildman–Crippen MR) is 86.2 cm³/mol. The van der Waals surface area contributed by atoms with Crippen LogP contribution in [0.25, 0.3) is 11.0 Å². The number of nitrogens with zero attached hydrogens (tertiary/aromatic N) is 4. The van der Waals surface area contributed by atoms with Crippen LogP contribution in [-0.2, 0) is 0 Å². The van der Waals surface area contributed by atoms with Gasteiger partial charge in [0.2, 0.25) is 0 Å². The quantitative estimate of drug-likeness (QED) is 0.763. The molecule has 4 rings (SSSR count). The largest absolute Gasteiger partial charge is 0.354 e. The predicted octanol–water partition coefficient (Wildman–Crippen LogP) is 1.36. The molecule has 1 atom stereocenters. The fourth-order valence-corrected chi connectivity index (χ4v) is 2.88. The monoisotopic (exact) mass is 308 g/mol. The van der Waals surface area contributed by atoms with Crippen LogP contribution in [-0.4, -0.2) is 45.4 Å². The van der Waals surface area contributed by atoms with E-state index in [4.69, 9.17) is 0 Å². The number of carbonyl (C=O) groups excluding carboxylic acids is 1. The van der Waals surface area contributed by atoms with Crippen molar-refractivity contribution in [2.45, 2.75) is 12.5 Å². The van der Waals surface area contributed by atoms with Crippen molar-refractivity contribution in [3.8, 4) is 0 Å². The minimum atomic E-state index is -0.0808. The van der Waals surface area contributed by atoms with Crippen LogP contribution in [0.5, 0.6) is 0 Å². The molecule has 23 heavy (non-hydrogen) atoms. The molecule has 0 spiro atoms. The summed E-state index contributed by atoms with van der Waals surface area (Å²) >= 11 is 0. The third-order valence-electron chi connectivity index (χ3n) is 4.08. The molecule has 1 aromatic carbocycles. The van der Waals surface area contributed by atoms with Gasteiger partial charge in [0, 0.05) is 30.9 Å². The Morgan fingerprint density at radius 2 is 2.13 bits per heavy atom. The summed E-state index contributed by atoms with van der Waals surface area (Å²) in [4.78, 5) is 18.9. The van der Waals surface area contributed by atoms with Crippen LogP contribution in [0.1, 0.15) is 16.8 Å². The Labute approximate surface area is 132 Å². The lowest BCUT2D eigenvalue weighted by Crippen LogP contribution is -2.37. The Kier molecular flexibility index (Phi) is 3.38. The van der Waals surface area contributed by atoms with Gasteiger partial charge in [0.15, 0.2) is 0 Å². The molecule has 0 saturated carbocycles. The van der Waals surface area contributed by atoms with Crippen molar-refractivity contribution in [3.05, 3.63) is 48.2 Å². The van der Waals surface area contributed by atoms with Gasteiger partial charge in [-0.3, -0.25) is 4.79 Å². The van der Waals surface area contributed by atoms with E-state index < -0.39 is 0 Å². The summed E-state index contributed by atoms with van der Waals surface area (Å²) in [6.45, 7) is 1.67. The molecule has 3 aromatic rings. The van der Waals surface area contributed by atoms with Crippen LogP contribution in [0.4, 0.5) is 5.82 Å². The Morgan fingerprint density at radius 3 is 3.00 bits per heavy atom. The number of nitrogens with one attached hydrogen (secondary N) is 2. The van der Waals surface area contributed by atoms with Crippen molar-refractivity contribution >= 4 is 22.8 Å². The van der Waals surface area contributed by atoms with Crippen LogP contribution in [0.2, 0.25) is 0 Å². The summed E-state index contributed by atoms with van der Waals surface area (Å²) in [6, 6.07) is 11.3. The first-order chi connectivity index (χ1) is 11.3. The highest BCUT2D eigenvalue weighted by Crippen LogP contribution is 2.18. The number of fused-ring (bicyclic) bond motifs is 1. The fraction of sp³-hybridized carbons (Fsp3) is 0.250. The molecule has 1 aliphatic rings. The van der Waals surface area contributed by atoms with Crippen LogP contribution < -0.4 is 10.2 Å². The molecule has 1 saturated heterocycles. The maximum Gasteiger partial charge on any atom is 0.251 e. The van der Waals surface area contributed by atoms with E-state index in [9.17, 15) is 4.79 Å². The van der Waals surface area contributed by atoms with E-state index in [1.54, 1.807) is 24.4 Å². The van der Waals surface area contributed by atoms with Crippen LogP contribution in [0.3, 0.4) is 0 Å². The number of aromatic nitrogens is 4. The molecule has 3 heterocycles. The van der Waals surface area contributed by atoms with Crippen LogP contribution >= 0.6 is 0 Å². The second-order valence-electron chi connectivity index (χ2n) is 5.62. The number of hydrogen-bond donors (Lipinski definition) is 2. The number of aromatic amines is 1. The Morgan fingerprint density at radius 1 is 1.22 bits per heavy atom. The SMILES string of the molecule is O=C(NC1CCN(c2ccccn2)C1)c1ccc2n[nH]nc2c1. The lowest BCUT2D eigenvalue weighted by Gasteiger charge is -2.17. The van der Waals surface area contributed by atoms with E-state index in [-0.39, 0.29) is 11.9 Å². The normalized spacial score (nSPS) is 17.6. The number of anilines is 1. The lowest BCUT2D eigenvalue weighted by atomic mass is 10.1. The number of amides is 1. The van der Waals surface area contributed by atoms with Gasteiger partial charge in [-0.2, -0.15) is 15.4 Å². The highest BCUT2D eigenvalue weighted by molar-refractivity contribution is 5.97. The summed E-state index contributed by atoms with van der Waals surface area (Å²) in [7, 11) is 0. The summed E-state index contributed by atoms with van der Waals surface area (Å²) in [5, 5.41) is 13.6. The molecule has 1 amide bonds. The third kappa shape index (κ3) is 2.73. The molecule has 0 bridgehead atoms. The van der Waals surface area contributed by atoms with Gasteiger partial charge in [0.25, 0.3) is 5.91 Å². The highest BCUT2D eigenvalue weighted by atomic mass is 16.1. The van der Waals surface area contributed by atoms with Gasteiger partial charge in [-0.05, 0) is 36.8 Å². The lowest BCUT2D eigenvalue weighted by molar-refractivity contribution is 0.0940. The maximum atomic E-state index is 12.4. The summed E-state index contributed by atoms with van der Waals surface area (Å²) < 4.78 is 0. The zero-order valence-corrected chi connectivity index (χ0v) is 12.4. The Balaban J connectivity index is 1.43. The second-order valence-corrected chi connectivity index (χ2v) is 5.62. The molecule has 1 fully saturated rings. The van der Waals surface area contributed by atoms with Crippen molar-refractivity contribution in [1.82, 2.24) is 25.7 Å². The maximum absolute atomic E-state index is 12.4. The average Bonchev–Trinajstić information content (AvgIpc) is 3.24. The van der Waals surface area contributed by atoms with Gasteiger partial charge in [-0.25, -0.2) is 4.98 Å². The van der Waals surface area contributed by atoms with Crippen molar-refractivity contribution in [3.63, 3.8) is 0 Å². The second kappa shape index (κ2) is 5.68. The molecule has 1 unspecified atom stereocenters. The molecule has 2 aromatic heterocycles. The number of carbonyl (C=O) groups is 1. The summed E-state index contributed by atoms with van der Waals surface area (Å²) in [6.07, 6.45) is 2.70. The number of benzene rings is 1. The van der Waals surface area contributed by atoms with Crippen molar-refractivity contribution in [2.24, 2.45) is 0 Å². The summed E-state index contributed by atoms with van der Waals surface area (Å²) in [5.74, 6) is 0.871. The first kappa shape index (κ1) is 13.7. The number of H-pyrrole nitrogens is 1. The number of pyridine rings is 1. The molecule has 116 valence electrons. The van der Waals surface area contributed by atoms with E-state index in [0.29, 0.717) is 11.1 Å². The van der Waals surface area contributed by atoms with E-state index in [0.717, 1.165) is 30.8 Å². The first-order valence-corrected chi connectivity index (χ1v) is 7.57. The average molecular weight is 308 g/mol. The molecule has 0 radical (unpaired) electrons. The van der Waals surface area contributed by atoms with Gasteiger partial charge >= 0.3 is 0 Å². The van der Waals surface area contributed by atoms with Gasteiger partial charge in [-0.1, -0.05) is 6.07 Å². The zero-order chi connectivity index (χ0) is 15.6. The topological polar surface area (TPSA) is 86.8 Å². The minimum absolute atomic E-state index is 0.0808. The highest BCUT2D eigenvalue weighted by Gasteiger charge is 2.25. The standard InChI is InChI=1S/C16H16N6O/c23-16(11-4-5-13-14(9-11)20-21-19-13)18-12-6-8-22(10-12)15-3-1-2-7-17-15/h1-5,7,9,12H,6,8,10H2,(H,18,23)(H,19,20,21). The van der Waals surface area contributed by atoms with Crippen molar-refractivity contribution < 1.29 is 4.79 Å². The zero-order valence-electron chi connectivity index (χ0n) is 12.4. The Hall–Kier alpha value is -2.96. The van der Waals surface area contributed by atoms with E-state index in [2.05, 4.69) is 30.6 Å². The van der Waals surface area contributed by atoms with E-state index >= 15 is 0 Å². The van der Waals surface area contributed by atoms with Crippen LogP contribution in [0.15, 0.2) is 42.6 Å². The van der Waals surface area contributed by atoms with Gasteiger partial charge in [0.05, 0.1) is 0 Å². The molecular formula is C16H16N6O. The van der Waals surface area contributed by atoms with Crippen molar-refractivity contribution in [1.29, 1.82) is 0 Å². The molecule has 0 aliphatic carbocycles. The van der Waals surface area contributed by atoms with E-state index in [1.807, 2.05) is 18.2 Å². The third-order valence-corrected chi connectivity index (χ3v) is 4.08. The van der Waals surface area contributed by atoms with Crippen molar-refractivity contribution in [2.75, 3.05) is 18.0 Å². The first-order valence-electron chi connectivity index (χ1n) is 7.57.